The minimum Gasteiger partial charge on any atom is -0.469 e. The second kappa shape index (κ2) is 4.34. The quantitative estimate of drug-likeness (QED) is 0.565. The molecule has 64 valence electrons. The fourth-order valence-electron chi connectivity index (χ4n) is 1.42. The van der Waals surface area contributed by atoms with Gasteiger partial charge in [0.2, 0.25) is 0 Å². The van der Waals surface area contributed by atoms with Crippen LogP contribution in [0.5, 0.6) is 0 Å². The Morgan fingerprint density at radius 3 is 3.00 bits per heavy atom. The fourth-order valence-corrected chi connectivity index (χ4v) is 1.42. The van der Waals surface area contributed by atoms with E-state index in [1.807, 2.05) is 0 Å². The summed E-state index contributed by atoms with van der Waals surface area (Å²) >= 11 is 0. The lowest BCUT2D eigenvalue weighted by Crippen LogP contribution is -2.18. The second-order valence-corrected chi connectivity index (χ2v) is 2.90. The molecule has 1 aliphatic heterocycles. The van der Waals surface area contributed by atoms with Crippen molar-refractivity contribution < 1.29 is 9.53 Å². The first kappa shape index (κ1) is 8.53. The molecule has 3 nitrogen and oxygen atoms in total. The number of esters is 1. The van der Waals surface area contributed by atoms with Gasteiger partial charge in [-0.05, 0) is 32.4 Å². The monoisotopic (exact) mass is 157 g/mol. The summed E-state index contributed by atoms with van der Waals surface area (Å²) in [7, 11) is 1.46. The number of methoxy groups -OCH3 is 1. The summed E-state index contributed by atoms with van der Waals surface area (Å²) in [6, 6.07) is 0. The van der Waals surface area contributed by atoms with Crippen LogP contribution in [0.3, 0.4) is 0 Å². The molecule has 1 saturated heterocycles. The molecule has 0 saturated carbocycles. The first-order chi connectivity index (χ1) is 5.34. The highest BCUT2D eigenvalue weighted by atomic mass is 16.5. The van der Waals surface area contributed by atoms with Crippen molar-refractivity contribution in [1.29, 1.82) is 0 Å². The van der Waals surface area contributed by atoms with Crippen molar-refractivity contribution in [2.75, 3.05) is 20.2 Å². The maximum Gasteiger partial charge on any atom is 0.308 e. The smallest absolute Gasteiger partial charge is 0.308 e. The van der Waals surface area contributed by atoms with Gasteiger partial charge < -0.3 is 10.1 Å². The molecule has 1 N–H and O–H groups in total. The van der Waals surface area contributed by atoms with E-state index in [1.54, 1.807) is 0 Å². The van der Waals surface area contributed by atoms with Crippen LogP contribution >= 0.6 is 0 Å². The lowest BCUT2D eigenvalue weighted by atomic mass is 10.0. The van der Waals surface area contributed by atoms with Crippen molar-refractivity contribution >= 4 is 5.97 Å². The van der Waals surface area contributed by atoms with Crippen LogP contribution in [0.2, 0.25) is 0 Å². The van der Waals surface area contributed by atoms with E-state index in [2.05, 4.69) is 10.1 Å². The molecule has 1 heterocycles. The van der Waals surface area contributed by atoms with Gasteiger partial charge in [0.1, 0.15) is 0 Å². The molecule has 1 rings (SSSR count). The zero-order valence-corrected chi connectivity index (χ0v) is 6.93. The molecule has 0 bridgehead atoms. The SMILES string of the molecule is COC(=O)[C@@H]1CCCNCC1. The molecule has 0 radical (unpaired) electrons. The van der Waals surface area contributed by atoms with E-state index >= 15 is 0 Å². The van der Waals surface area contributed by atoms with Crippen LogP contribution in [-0.4, -0.2) is 26.2 Å². The first-order valence-electron chi connectivity index (χ1n) is 4.13. The van der Waals surface area contributed by atoms with E-state index in [4.69, 9.17) is 0 Å². The van der Waals surface area contributed by atoms with E-state index in [0.717, 1.165) is 32.4 Å². The Balaban J connectivity index is 2.36. The third-order valence-corrected chi connectivity index (χ3v) is 2.11. The lowest BCUT2D eigenvalue weighted by molar-refractivity contribution is -0.145. The van der Waals surface area contributed by atoms with Crippen molar-refractivity contribution in [2.24, 2.45) is 5.92 Å². The number of ether oxygens (including phenoxy) is 1. The maximum absolute atomic E-state index is 11.1. The molecule has 0 aliphatic carbocycles. The van der Waals surface area contributed by atoms with Crippen LogP contribution in [0.15, 0.2) is 0 Å². The van der Waals surface area contributed by atoms with Crippen LogP contribution in [0.1, 0.15) is 19.3 Å². The number of carbonyl (C=O) groups excluding carboxylic acids is 1. The van der Waals surface area contributed by atoms with Gasteiger partial charge in [-0.2, -0.15) is 0 Å². The van der Waals surface area contributed by atoms with E-state index in [9.17, 15) is 4.79 Å². The van der Waals surface area contributed by atoms with Gasteiger partial charge in [-0.3, -0.25) is 4.79 Å². The van der Waals surface area contributed by atoms with Gasteiger partial charge in [-0.15, -0.1) is 0 Å². The molecular formula is C8H15NO2. The number of carbonyl (C=O) groups is 1. The predicted octanol–water partition coefficient (Wildman–Crippen LogP) is 0.549. The van der Waals surface area contributed by atoms with E-state index < -0.39 is 0 Å². The Morgan fingerprint density at radius 1 is 1.45 bits per heavy atom. The standard InChI is InChI=1S/C8H15NO2/c1-11-8(10)7-3-2-5-9-6-4-7/h7,9H,2-6H2,1H3/t7-/m1/s1. The highest BCUT2D eigenvalue weighted by molar-refractivity contribution is 5.72. The van der Waals surface area contributed by atoms with Gasteiger partial charge in [-0.1, -0.05) is 0 Å². The van der Waals surface area contributed by atoms with Crippen molar-refractivity contribution in [2.45, 2.75) is 19.3 Å². The molecule has 3 heteroatoms. The molecule has 0 unspecified atom stereocenters. The molecule has 1 fully saturated rings. The molecule has 1 aliphatic rings. The highest BCUT2D eigenvalue weighted by Crippen LogP contribution is 2.14. The van der Waals surface area contributed by atoms with Crippen LogP contribution in [0, 0.1) is 5.92 Å². The molecule has 0 aromatic rings. The zero-order valence-electron chi connectivity index (χ0n) is 6.93. The first-order valence-corrected chi connectivity index (χ1v) is 4.13. The third kappa shape index (κ3) is 2.50. The summed E-state index contributed by atoms with van der Waals surface area (Å²) in [5, 5.41) is 3.25. The van der Waals surface area contributed by atoms with Crippen LogP contribution in [0.25, 0.3) is 0 Å². The predicted molar refractivity (Wildman–Crippen MR) is 42.2 cm³/mol. The highest BCUT2D eigenvalue weighted by Gasteiger charge is 2.19. The minimum absolute atomic E-state index is 0.0475. The Bertz CT molecular complexity index is 128. The van der Waals surface area contributed by atoms with E-state index in [-0.39, 0.29) is 11.9 Å². The van der Waals surface area contributed by atoms with Crippen LogP contribution in [0.4, 0.5) is 0 Å². The topological polar surface area (TPSA) is 38.3 Å². The average molecular weight is 157 g/mol. The molecular weight excluding hydrogens is 142 g/mol. The van der Waals surface area contributed by atoms with Gasteiger partial charge in [0.05, 0.1) is 13.0 Å². The molecule has 0 amide bonds. The minimum atomic E-state index is -0.0475. The summed E-state index contributed by atoms with van der Waals surface area (Å²) < 4.78 is 4.68. The van der Waals surface area contributed by atoms with Crippen molar-refractivity contribution in [3.8, 4) is 0 Å². The Hall–Kier alpha value is -0.570. The average Bonchev–Trinajstić information content (AvgIpc) is 2.30. The summed E-state index contributed by atoms with van der Waals surface area (Å²) in [5.74, 6) is 0.0868. The van der Waals surface area contributed by atoms with E-state index in [1.165, 1.54) is 7.11 Å². The number of hydrogen-bond acceptors (Lipinski definition) is 3. The lowest BCUT2D eigenvalue weighted by Gasteiger charge is -2.09. The van der Waals surface area contributed by atoms with Gasteiger partial charge in [-0.25, -0.2) is 0 Å². The van der Waals surface area contributed by atoms with Crippen molar-refractivity contribution in [3.05, 3.63) is 0 Å². The molecule has 1 atom stereocenters. The summed E-state index contributed by atoms with van der Waals surface area (Å²) in [4.78, 5) is 11.1. The second-order valence-electron chi connectivity index (χ2n) is 2.90. The number of nitrogens with one attached hydrogen (secondary N) is 1. The Labute approximate surface area is 67.1 Å². The largest absolute Gasteiger partial charge is 0.469 e. The molecule has 0 spiro atoms. The Morgan fingerprint density at radius 2 is 2.27 bits per heavy atom. The van der Waals surface area contributed by atoms with E-state index in [0.29, 0.717) is 0 Å². The van der Waals surface area contributed by atoms with Crippen LogP contribution in [-0.2, 0) is 9.53 Å². The van der Waals surface area contributed by atoms with Gasteiger partial charge in [0.25, 0.3) is 0 Å². The van der Waals surface area contributed by atoms with Gasteiger partial charge >= 0.3 is 5.97 Å². The van der Waals surface area contributed by atoms with Crippen molar-refractivity contribution in [3.63, 3.8) is 0 Å². The molecule has 11 heavy (non-hydrogen) atoms. The summed E-state index contributed by atoms with van der Waals surface area (Å²) in [6.45, 7) is 1.98. The fraction of sp³-hybridized carbons (Fsp3) is 0.875. The van der Waals surface area contributed by atoms with Gasteiger partial charge in [0.15, 0.2) is 0 Å². The molecule has 0 aromatic heterocycles. The van der Waals surface area contributed by atoms with Crippen LogP contribution < -0.4 is 5.32 Å². The maximum atomic E-state index is 11.1. The summed E-state index contributed by atoms with van der Waals surface area (Å²) in [6.07, 6.45) is 2.98. The molecule has 0 aromatic carbocycles. The number of rotatable bonds is 1. The Kier molecular flexibility index (Phi) is 3.36. The summed E-state index contributed by atoms with van der Waals surface area (Å²) in [5.41, 5.74) is 0. The number of hydrogen-bond donors (Lipinski definition) is 1. The van der Waals surface area contributed by atoms with Gasteiger partial charge in [0, 0.05) is 0 Å². The van der Waals surface area contributed by atoms with Crippen molar-refractivity contribution in [1.82, 2.24) is 5.32 Å². The normalized spacial score (nSPS) is 25.7. The zero-order chi connectivity index (χ0) is 8.10. The third-order valence-electron chi connectivity index (χ3n) is 2.11.